The maximum absolute atomic E-state index is 2.56. The lowest BCUT2D eigenvalue weighted by atomic mass is 9.97. The Hall–Kier alpha value is -2.22. The minimum atomic E-state index is 1.20. The highest BCUT2D eigenvalue weighted by Crippen LogP contribution is 2.29. The van der Waals surface area contributed by atoms with Crippen molar-refractivity contribution in [3.05, 3.63) is 65.7 Å². The summed E-state index contributed by atoms with van der Waals surface area (Å²) in [5.41, 5.74) is 6.71. The molecule has 4 rings (SSSR count). The number of rotatable bonds is 4. The number of anilines is 2. The molecule has 2 heteroatoms. The fourth-order valence-corrected chi connectivity index (χ4v) is 4.86. The molecule has 0 spiro atoms. The molecular weight excluding hydrogens is 352 g/mol. The molecule has 0 saturated carbocycles. The van der Waals surface area contributed by atoms with E-state index in [0.29, 0.717) is 0 Å². The first-order valence-corrected chi connectivity index (χ1v) is 11.7. The first kappa shape index (κ1) is 20.1. The Kier molecular flexibility index (Phi) is 6.92. The highest BCUT2D eigenvalue weighted by molar-refractivity contribution is 5.81. The van der Waals surface area contributed by atoms with Gasteiger partial charge in [0.25, 0.3) is 0 Å². The second-order valence-corrected chi connectivity index (χ2v) is 8.60. The molecule has 2 heterocycles. The third kappa shape index (κ3) is 5.04. The third-order valence-electron chi connectivity index (χ3n) is 6.59. The highest BCUT2D eigenvalue weighted by Gasteiger charge is 2.12. The van der Waals surface area contributed by atoms with E-state index in [1.807, 2.05) is 0 Å². The van der Waals surface area contributed by atoms with Crippen LogP contribution in [0.3, 0.4) is 0 Å². The molecule has 0 amide bonds. The second kappa shape index (κ2) is 10.0. The molecule has 154 valence electrons. The van der Waals surface area contributed by atoms with E-state index >= 15 is 0 Å². The van der Waals surface area contributed by atoms with Gasteiger partial charge in [-0.3, -0.25) is 0 Å². The fourth-order valence-electron chi connectivity index (χ4n) is 4.86. The lowest BCUT2D eigenvalue weighted by Gasteiger charge is -2.23. The molecule has 2 aromatic carbocycles. The molecule has 0 N–H and O–H groups in total. The molecule has 2 aromatic rings. The van der Waals surface area contributed by atoms with Crippen molar-refractivity contribution in [1.29, 1.82) is 0 Å². The average molecular weight is 389 g/mol. The van der Waals surface area contributed by atoms with Gasteiger partial charge in [-0.05, 0) is 73.6 Å². The maximum Gasteiger partial charge on any atom is 0.0366 e. The third-order valence-corrected chi connectivity index (χ3v) is 6.59. The highest BCUT2D eigenvalue weighted by atomic mass is 15.1. The van der Waals surface area contributed by atoms with Crippen molar-refractivity contribution in [3.63, 3.8) is 0 Å². The topological polar surface area (TPSA) is 6.48 Å². The van der Waals surface area contributed by atoms with Crippen LogP contribution in [-0.4, -0.2) is 26.2 Å². The van der Waals surface area contributed by atoms with E-state index in [-0.39, 0.29) is 0 Å². The Morgan fingerprint density at radius 2 is 0.897 bits per heavy atom. The predicted molar refractivity (Wildman–Crippen MR) is 127 cm³/mol. The number of hydrogen-bond acceptors (Lipinski definition) is 2. The van der Waals surface area contributed by atoms with Crippen LogP contribution in [0.25, 0.3) is 5.57 Å². The van der Waals surface area contributed by atoms with E-state index < -0.39 is 0 Å². The zero-order valence-corrected chi connectivity index (χ0v) is 18.1. The molecule has 0 bridgehead atoms. The van der Waals surface area contributed by atoms with E-state index in [1.54, 1.807) is 0 Å². The van der Waals surface area contributed by atoms with Gasteiger partial charge in [0, 0.05) is 37.6 Å². The largest absolute Gasteiger partial charge is 0.372 e. The van der Waals surface area contributed by atoms with Crippen LogP contribution >= 0.6 is 0 Å². The number of benzene rings is 2. The number of nitrogens with zero attached hydrogens (tertiary/aromatic N) is 2. The van der Waals surface area contributed by atoms with Crippen LogP contribution in [0.2, 0.25) is 0 Å². The van der Waals surface area contributed by atoms with Crippen LogP contribution < -0.4 is 9.80 Å². The molecule has 29 heavy (non-hydrogen) atoms. The van der Waals surface area contributed by atoms with Gasteiger partial charge in [-0.15, -0.1) is 0 Å². The Bertz CT molecular complexity index is 707. The van der Waals surface area contributed by atoms with Crippen molar-refractivity contribution in [1.82, 2.24) is 0 Å². The zero-order valence-electron chi connectivity index (χ0n) is 18.1. The smallest absolute Gasteiger partial charge is 0.0366 e. The van der Waals surface area contributed by atoms with E-state index in [4.69, 9.17) is 0 Å². The van der Waals surface area contributed by atoms with Crippen molar-refractivity contribution in [2.45, 2.75) is 58.3 Å². The van der Waals surface area contributed by atoms with Gasteiger partial charge in [-0.25, -0.2) is 0 Å². The molecule has 2 fully saturated rings. The van der Waals surface area contributed by atoms with E-state index in [9.17, 15) is 0 Å². The van der Waals surface area contributed by atoms with Crippen molar-refractivity contribution in [2.75, 3.05) is 36.0 Å². The second-order valence-electron chi connectivity index (χ2n) is 8.60. The summed E-state index contributed by atoms with van der Waals surface area (Å²) in [7, 11) is 0. The summed E-state index contributed by atoms with van der Waals surface area (Å²) in [6.07, 6.45) is 13.1. The minimum Gasteiger partial charge on any atom is -0.372 e. The Balaban J connectivity index is 1.48. The molecular formula is C27H36N2. The predicted octanol–water partition coefficient (Wildman–Crippen LogP) is 6.90. The molecule has 0 atom stereocenters. The lowest BCUT2D eigenvalue weighted by molar-refractivity contribution is 0.726. The summed E-state index contributed by atoms with van der Waals surface area (Å²) in [6, 6.07) is 18.5. The van der Waals surface area contributed by atoms with Gasteiger partial charge in [0.1, 0.15) is 0 Å². The van der Waals surface area contributed by atoms with Gasteiger partial charge in [0.2, 0.25) is 0 Å². The summed E-state index contributed by atoms with van der Waals surface area (Å²) in [5.74, 6) is 0. The lowest BCUT2D eigenvalue weighted by Crippen LogP contribution is -2.23. The van der Waals surface area contributed by atoms with Crippen molar-refractivity contribution in [3.8, 4) is 0 Å². The van der Waals surface area contributed by atoms with Gasteiger partial charge >= 0.3 is 0 Å². The van der Waals surface area contributed by atoms with E-state index in [1.165, 1.54) is 106 Å². The summed E-state index contributed by atoms with van der Waals surface area (Å²) in [6.45, 7) is 6.96. The average Bonchev–Trinajstić information content (AvgIpc) is 3.21. The molecule has 0 radical (unpaired) electrons. The first-order valence-electron chi connectivity index (χ1n) is 11.7. The Labute approximate surface area is 177 Å². The number of hydrogen-bond donors (Lipinski definition) is 0. The molecule has 2 saturated heterocycles. The summed E-state index contributed by atoms with van der Waals surface area (Å²) in [4.78, 5) is 5.12. The molecule has 2 aliphatic heterocycles. The minimum absolute atomic E-state index is 1.20. The quantitative estimate of drug-likeness (QED) is 0.562. The van der Waals surface area contributed by atoms with Gasteiger partial charge in [0.15, 0.2) is 0 Å². The Morgan fingerprint density at radius 3 is 1.21 bits per heavy atom. The van der Waals surface area contributed by atoms with Crippen LogP contribution in [0.4, 0.5) is 11.4 Å². The van der Waals surface area contributed by atoms with Crippen LogP contribution in [0.1, 0.15) is 69.4 Å². The summed E-state index contributed by atoms with van der Waals surface area (Å²) in [5, 5.41) is 0. The summed E-state index contributed by atoms with van der Waals surface area (Å²) < 4.78 is 0. The summed E-state index contributed by atoms with van der Waals surface area (Å²) >= 11 is 0. The fraction of sp³-hybridized carbons (Fsp3) is 0.481. The van der Waals surface area contributed by atoms with Crippen molar-refractivity contribution in [2.24, 2.45) is 0 Å². The maximum atomic E-state index is 2.56. The molecule has 0 aliphatic carbocycles. The van der Waals surface area contributed by atoms with Gasteiger partial charge in [-0.1, -0.05) is 56.0 Å². The van der Waals surface area contributed by atoms with Crippen LogP contribution in [0.15, 0.2) is 54.6 Å². The standard InChI is InChI=1S/C27H36N2/c1-2-27(23-11-15-25(16-12-23)28-19-7-3-4-8-20-28)24-13-17-26(18-14-24)29-21-9-5-6-10-22-29/h2,11-18H,3-10,19-22H2,1H3. The van der Waals surface area contributed by atoms with Crippen LogP contribution in [0, 0.1) is 0 Å². The molecule has 2 nitrogen and oxygen atoms in total. The van der Waals surface area contributed by atoms with Gasteiger partial charge in [0.05, 0.1) is 0 Å². The van der Waals surface area contributed by atoms with Gasteiger partial charge < -0.3 is 9.80 Å². The molecule has 0 unspecified atom stereocenters. The van der Waals surface area contributed by atoms with Crippen LogP contribution in [-0.2, 0) is 0 Å². The first-order chi connectivity index (χ1) is 14.3. The van der Waals surface area contributed by atoms with Crippen molar-refractivity contribution >= 4 is 16.9 Å². The SMILES string of the molecule is CC=C(c1ccc(N2CCCCCC2)cc1)c1ccc(N2CCCCCC2)cc1. The monoisotopic (exact) mass is 388 g/mol. The van der Waals surface area contributed by atoms with Gasteiger partial charge in [-0.2, -0.15) is 0 Å². The van der Waals surface area contributed by atoms with Crippen molar-refractivity contribution < 1.29 is 0 Å². The Morgan fingerprint density at radius 1 is 0.552 bits per heavy atom. The number of allylic oxidation sites excluding steroid dienone is 1. The molecule has 0 aromatic heterocycles. The van der Waals surface area contributed by atoms with Crippen LogP contribution in [0.5, 0.6) is 0 Å². The zero-order chi connectivity index (χ0) is 19.9. The van der Waals surface area contributed by atoms with E-state index in [0.717, 1.165) is 0 Å². The molecule has 2 aliphatic rings. The van der Waals surface area contributed by atoms with E-state index in [2.05, 4.69) is 71.3 Å². The normalized spacial score (nSPS) is 18.1.